The van der Waals surface area contributed by atoms with E-state index in [-0.39, 0.29) is 0 Å². The van der Waals surface area contributed by atoms with Crippen molar-refractivity contribution in [2.24, 2.45) is 5.92 Å². The highest BCUT2D eigenvalue weighted by Gasteiger charge is 2.22. The highest BCUT2D eigenvalue weighted by atomic mass is 79.9. The molecule has 0 aliphatic heterocycles. The molecule has 1 aromatic carbocycles. The van der Waals surface area contributed by atoms with Crippen LogP contribution >= 0.6 is 31.9 Å². The number of methoxy groups -OCH3 is 1. The van der Waals surface area contributed by atoms with Gasteiger partial charge in [-0.25, -0.2) is 0 Å². The summed E-state index contributed by atoms with van der Waals surface area (Å²) in [5.41, 5.74) is 1.34. The van der Waals surface area contributed by atoms with Gasteiger partial charge < -0.3 is 9.47 Å². The average molecular weight is 420 g/mol. The Labute approximate surface area is 144 Å². The van der Waals surface area contributed by atoms with Crippen LogP contribution in [-0.4, -0.2) is 20.3 Å². The topological polar surface area (TPSA) is 18.5 Å². The van der Waals surface area contributed by atoms with Crippen LogP contribution in [0.4, 0.5) is 0 Å². The molecule has 2 nitrogen and oxygen atoms in total. The molecule has 1 aliphatic rings. The largest absolute Gasteiger partial charge is 0.490 e. The zero-order valence-electron chi connectivity index (χ0n) is 12.6. The number of benzene rings is 1. The summed E-state index contributed by atoms with van der Waals surface area (Å²) >= 11 is 7.54. The molecule has 1 aromatic rings. The number of halogens is 2. The number of ether oxygens (including phenoxy) is 2. The molecule has 0 radical (unpaired) electrons. The Bertz CT molecular complexity index is 429. The SMILES string of the molecule is COCCOc1ccc(C(Br)C2CCCCCC2)cc1Br. The molecule has 0 heterocycles. The van der Waals surface area contributed by atoms with Gasteiger partial charge in [-0.3, -0.25) is 0 Å². The van der Waals surface area contributed by atoms with E-state index in [4.69, 9.17) is 9.47 Å². The third-order valence-corrected chi connectivity index (χ3v) is 6.03. The lowest BCUT2D eigenvalue weighted by Crippen LogP contribution is -2.08. The third kappa shape index (κ3) is 5.26. The first kappa shape index (κ1) is 17.3. The highest BCUT2D eigenvalue weighted by molar-refractivity contribution is 9.10. The van der Waals surface area contributed by atoms with Gasteiger partial charge in [-0.2, -0.15) is 0 Å². The third-order valence-electron chi connectivity index (χ3n) is 4.13. The fourth-order valence-electron chi connectivity index (χ4n) is 2.92. The second-order valence-corrected chi connectivity index (χ2v) is 7.53. The normalized spacial score (nSPS) is 18.2. The molecule has 1 atom stereocenters. The van der Waals surface area contributed by atoms with Crippen molar-refractivity contribution in [2.45, 2.75) is 43.4 Å². The van der Waals surface area contributed by atoms with Crippen molar-refractivity contribution in [3.63, 3.8) is 0 Å². The fourth-order valence-corrected chi connectivity index (χ4v) is 4.24. The molecule has 0 aromatic heterocycles. The van der Waals surface area contributed by atoms with E-state index in [2.05, 4.69) is 50.1 Å². The van der Waals surface area contributed by atoms with Crippen LogP contribution in [0.1, 0.15) is 48.9 Å². The molecule has 1 fully saturated rings. The van der Waals surface area contributed by atoms with Crippen LogP contribution in [0.25, 0.3) is 0 Å². The Hall–Kier alpha value is -0.0600. The average Bonchev–Trinajstić information content (AvgIpc) is 2.77. The van der Waals surface area contributed by atoms with Crippen molar-refractivity contribution in [1.29, 1.82) is 0 Å². The Balaban J connectivity index is 2.00. The van der Waals surface area contributed by atoms with Gasteiger partial charge in [0, 0.05) is 11.9 Å². The van der Waals surface area contributed by atoms with Crippen LogP contribution < -0.4 is 4.74 Å². The number of hydrogen-bond donors (Lipinski definition) is 0. The van der Waals surface area contributed by atoms with Crippen molar-refractivity contribution in [2.75, 3.05) is 20.3 Å². The minimum Gasteiger partial charge on any atom is -0.490 e. The second kappa shape index (κ2) is 9.16. The van der Waals surface area contributed by atoms with Gasteiger partial charge in [0.05, 0.1) is 11.1 Å². The van der Waals surface area contributed by atoms with Gasteiger partial charge in [0.25, 0.3) is 0 Å². The molecule has 0 spiro atoms. The Morgan fingerprint density at radius 1 is 1.14 bits per heavy atom. The first-order valence-corrected chi connectivity index (χ1v) is 9.48. The van der Waals surface area contributed by atoms with Gasteiger partial charge >= 0.3 is 0 Å². The van der Waals surface area contributed by atoms with E-state index in [0.717, 1.165) is 16.1 Å². The van der Waals surface area contributed by atoms with Crippen LogP contribution in [-0.2, 0) is 4.74 Å². The Morgan fingerprint density at radius 2 is 1.86 bits per heavy atom. The van der Waals surface area contributed by atoms with E-state index in [0.29, 0.717) is 18.0 Å². The molecule has 0 saturated heterocycles. The maximum atomic E-state index is 5.69. The van der Waals surface area contributed by atoms with E-state index >= 15 is 0 Å². The maximum Gasteiger partial charge on any atom is 0.133 e. The molecule has 1 saturated carbocycles. The lowest BCUT2D eigenvalue weighted by molar-refractivity contribution is 0.146. The van der Waals surface area contributed by atoms with E-state index in [1.165, 1.54) is 44.1 Å². The molecule has 21 heavy (non-hydrogen) atoms. The zero-order chi connectivity index (χ0) is 15.1. The number of alkyl halides is 1. The summed E-state index contributed by atoms with van der Waals surface area (Å²) in [6.45, 7) is 1.19. The van der Waals surface area contributed by atoms with Gasteiger partial charge in [0.1, 0.15) is 12.4 Å². The molecular weight excluding hydrogens is 396 g/mol. The molecule has 0 N–H and O–H groups in total. The van der Waals surface area contributed by atoms with E-state index in [1.807, 2.05) is 0 Å². The quantitative estimate of drug-likeness (QED) is 0.325. The highest BCUT2D eigenvalue weighted by Crippen LogP contribution is 2.41. The van der Waals surface area contributed by atoms with Crippen molar-refractivity contribution < 1.29 is 9.47 Å². The minimum absolute atomic E-state index is 0.444. The van der Waals surface area contributed by atoms with E-state index < -0.39 is 0 Å². The summed E-state index contributed by atoms with van der Waals surface area (Å²) in [6, 6.07) is 6.42. The van der Waals surface area contributed by atoms with Gasteiger partial charge in [-0.1, -0.05) is 47.7 Å². The van der Waals surface area contributed by atoms with Crippen molar-refractivity contribution in [3.8, 4) is 5.75 Å². The molecule has 118 valence electrons. The maximum absolute atomic E-state index is 5.69. The summed E-state index contributed by atoms with van der Waals surface area (Å²) in [6.07, 6.45) is 8.19. The summed E-state index contributed by atoms with van der Waals surface area (Å²) in [5.74, 6) is 1.64. The zero-order valence-corrected chi connectivity index (χ0v) is 15.8. The molecule has 0 amide bonds. The van der Waals surface area contributed by atoms with Crippen LogP contribution in [0.15, 0.2) is 22.7 Å². The predicted octanol–water partition coefficient (Wildman–Crippen LogP) is 5.88. The lowest BCUT2D eigenvalue weighted by Gasteiger charge is -2.22. The molecule has 2 rings (SSSR count). The van der Waals surface area contributed by atoms with Gasteiger partial charge in [0.15, 0.2) is 0 Å². The summed E-state index contributed by atoms with van der Waals surface area (Å²) in [7, 11) is 1.68. The van der Waals surface area contributed by atoms with E-state index in [1.54, 1.807) is 7.11 Å². The van der Waals surface area contributed by atoms with Gasteiger partial charge in [-0.15, -0.1) is 0 Å². The van der Waals surface area contributed by atoms with Crippen LogP contribution in [0.5, 0.6) is 5.75 Å². The van der Waals surface area contributed by atoms with Crippen LogP contribution in [0, 0.1) is 5.92 Å². The molecular formula is C17H24Br2O2. The molecule has 4 heteroatoms. The first-order valence-electron chi connectivity index (χ1n) is 7.77. The summed E-state index contributed by atoms with van der Waals surface area (Å²) in [5, 5.41) is 0. The fraction of sp³-hybridized carbons (Fsp3) is 0.647. The van der Waals surface area contributed by atoms with Crippen molar-refractivity contribution >= 4 is 31.9 Å². The Kier molecular flexibility index (Phi) is 7.55. The standard InChI is InChI=1S/C17H24Br2O2/c1-20-10-11-21-16-9-8-14(12-15(16)18)17(19)13-6-4-2-3-5-7-13/h8-9,12-13,17H,2-7,10-11H2,1H3. The first-order chi connectivity index (χ1) is 10.2. The summed E-state index contributed by atoms with van der Waals surface area (Å²) < 4.78 is 11.7. The number of rotatable bonds is 6. The lowest BCUT2D eigenvalue weighted by atomic mass is 9.92. The second-order valence-electron chi connectivity index (χ2n) is 5.68. The minimum atomic E-state index is 0.444. The predicted molar refractivity (Wildman–Crippen MR) is 94.4 cm³/mol. The molecule has 0 bridgehead atoms. The smallest absolute Gasteiger partial charge is 0.133 e. The monoisotopic (exact) mass is 418 g/mol. The van der Waals surface area contributed by atoms with Crippen molar-refractivity contribution in [3.05, 3.63) is 28.2 Å². The van der Waals surface area contributed by atoms with Gasteiger partial charge in [-0.05, 0) is 52.4 Å². The van der Waals surface area contributed by atoms with Crippen LogP contribution in [0.2, 0.25) is 0 Å². The molecule has 1 unspecified atom stereocenters. The van der Waals surface area contributed by atoms with Crippen LogP contribution in [0.3, 0.4) is 0 Å². The van der Waals surface area contributed by atoms with Crippen molar-refractivity contribution in [1.82, 2.24) is 0 Å². The molecule has 1 aliphatic carbocycles. The van der Waals surface area contributed by atoms with Gasteiger partial charge in [0.2, 0.25) is 0 Å². The van der Waals surface area contributed by atoms with E-state index in [9.17, 15) is 0 Å². The number of hydrogen-bond acceptors (Lipinski definition) is 2. The Morgan fingerprint density at radius 3 is 2.48 bits per heavy atom. The summed E-state index contributed by atoms with van der Waals surface area (Å²) in [4.78, 5) is 0.444.